The van der Waals surface area contributed by atoms with Crippen LogP contribution in [0.5, 0.6) is 5.75 Å². The van der Waals surface area contributed by atoms with E-state index in [9.17, 15) is 4.79 Å². The Balaban J connectivity index is 1.27. The minimum Gasteiger partial charge on any atom is -0.497 e. The Kier molecular flexibility index (Phi) is 6.52. The van der Waals surface area contributed by atoms with Crippen molar-refractivity contribution in [3.8, 4) is 5.75 Å². The summed E-state index contributed by atoms with van der Waals surface area (Å²) in [5.41, 5.74) is 1.23. The number of nitrogens with zero attached hydrogens (tertiary/aromatic N) is 3. The Morgan fingerprint density at radius 1 is 0.931 bits per heavy atom. The van der Waals surface area contributed by atoms with Crippen molar-refractivity contribution in [3.63, 3.8) is 0 Å². The quantitative estimate of drug-likeness (QED) is 0.749. The standard InChI is InChI=1S/C23H31N3O3/c1-28-20-7-5-6-19(16-20)17-25-12-14-26(15-13-25)23(27)22-9-8-21(29-22)18-24-10-3-2-4-11-24/h5-9,16H,2-4,10-15,17-18H2,1H3. The van der Waals surface area contributed by atoms with Crippen LogP contribution >= 0.6 is 0 Å². The molecule has 4 rings (SSSR count). The smallest absolute Gasteiger partial charge is 0.289 e. The number of hydrogen-bond donors (Lipinski definition) is 0. The van der Waals surface area contributed by atoms with Gasteiger partial charge in [-0.25, -0.2) is 0 Å². The molecule has 0 N–H and O–H groups in total. The van der Waals surface area contributed by atoms with Crippen molar-refractivity contribution >= 4 is 5.91 Å². The molecule has 0 radical (unpaired) electrons. The van der Waals surface area contributed by atoms with E-state index < -0.39 is 0 Å². The van der Waals surface area contributed by atoms with Crippen molar-refractivity contribution in [2.45, 2.75) is 32.4 Å². The summed E-state index contributed by atoms with van der Waals surface area (Å²) in [6.45, 7) is 7.12. The van der Waals surface area contributed by atoms with Crippen LogP contribution < -0.4 is 4.74 Å². The number of likely N-dealkylation sites (tertiary alicyclic amines) is 1. The van der Waals surface area contributed by atoms with Gasteiger partial charge in [0.2, 0.25) is 0 Å². The number of furan rings is 1. The summed E-state index contributed by atoms with van der Waals surface area (Å²) in [6.07, 6.45) is 3.83. The molecule has 29 heavy (non-hydrogen) atoms. The maximum atomic E-state index is 12.8. The zero-order valence-electron chi connectivity index (χ0n) is 17.3. The Morgan fingerprint density at radius 3 is 2.45 bits per heavy atom. The highest BCUT2D eigenvalue weighted by molar-refractivity contribution is 5.91. The number of rotatable bonds is 6. The van der Waals surface area contributed by atoms with Gasteiger partial charge in [-0.2, -0.15) is 0 Å². The Morgan fingerprint density at radius 2 is 1.69 bits per heavy atom. The summed E-state index contributed by atoms with van der Waals surface area (Å²) in [5, 5.41) is 0. The molecule has 1 aromatic heterocycles. The number of piperidine rings is 1. The fourth-order valence-corrected chi connectivity index (χ4v) is 4.21. The van der Waals surface area contributed by atoms with Gasteiger partial charge in [0.25, 0.3) is 5.91 Å². The molecule has 1 amide bonds. The molecule has 0 unspecified atom stereocenters. The summed E-state index contributed by atoms with van der Waals surface area (Å²) in [4.78, 5) is 19.5. The molecule has 0 aliphatic carbocycles. The second-order valence-corrected chi connectivity index (χ2v) is 8.02. The number of piperazine rings is 1. The third kappa shape index (κ3) is 5.19. The number of hydrogen-bond acceptors (Lipinski definition) is 5. The molecular weight excluding hydrogens is 366 g/mol. The van der Waals surface area contributed by atoms with Gasteiger partial charge in [0, 0.05) is 32.7 Å². The normalized spacial score (nSPS) is 18.7. The largest absolute Gasteiger partial charge is 0.497 e. The summed E-state index contributed by atoms with van der Waals surface area (Å²) < 4.78 is 11.2. The molecule has 6 nitrogen and oxygen atoms in total. The Labute approximate surface area is 173 Å². The van der Waals surface area contributed by atoms with Gasteiger partial charge >= 0.3 is 0 Å². The lowest BCUT2D eigenvalue weighted by Crippen LogP contribution is -2.48. The van der Waals surface area contributed by atoms with E-state index in [4.69, 9.17) is 9.15 Å². The first-order valence-corrected chi connectivity index (χ1v) is 10.7. The van der Waals surface area contributed by atoms with Gasteiger partial charge in [0.05, 0.1) is 13.7 Å². The second-order valence-electron chi connectivity index (χ2n) is 8.02. The van der Waals surface area contributed by atoms with Crippen molar-refractivity contribution in [2.75, 3.05) is 46.4 Å². The van der Waals surface area contributed by atoms with Crippen molar-refractivity contribution in [3.05, 3.63) is 53.5 Å². The van der Waals surface area contributed by atoms with E-state index in [-0.39, 0.29) is 5.91 Å². The summed E-state index contributed by atoms with van der Waals surface area (Å²) >= 11 is 0. The van der Waals surface area contributed by atoms with Crippen LogP contribution in [-0.2, 0) is 13.1 Å². The molecule has 2 fully saturated rings. The molecule has 0 saturated carbocycles. The summed E-state index contributed by atoms with van der Waals surface area (Å²) in [7, 11) is 1.69. The van der Waals surface area contributed by atoms with Crippen LogP contribution in [0.4, 0.5) is 0 Å². The van der Waals surface area contributed by atoms with Crippen molar-refractivity contribution in [1.29, 1.82) is 0 Å². The fourth-order valence-electron chi connectivity index (χ4n) is 4.21. The average molecular weight is 398 g/mol. The first kappa shape index (κ1) is 20.0. The molecule has 156 valence electrons. The maximum Gasteiger partial charge on any atom is 0.289 e. The van der Waals surface area contributed by atoms with Gasteiger partial charge < -0.3 is 14.1 Å². The number of methoxy groups -OCH3 is 1. The van der Waals surface area contributed by atoms with Crippen LogP contribution in [0, 0.1) is 0 Å². The van der Waals surface area contributed by atoms with Gasteiger partial charge in [0.15, 0.2) is 5.76 Å². The Hall–Kier alpha value is -2.31. The number of amides is 1. The van der Waals surface area contributed by atoms with Crippen LogP contribution in [-0.4, -0.2) is 67.0 Å². The molecule has 2 saturated heterocycles. The number of ether oxygens (including phenoxy) is 1. The highest BCUT2D eigenvalue weighted by Gasteiger charge is 2.24. The molecule has 3 heterocycles. The third-order valence-electron chi connectivity index (χ3n) is 5.90. The van der Waals surface area contributed by atoms with Gasteiger partial charge in [-0.3, -0.25) is 14.6 Å². The molecule has 0 spiro atoms. The van der Waals surface area contributed by atoms with Crippen LogP contribution in [0.3, 0.4) is 0 Å². The SMILES string of the molecule is COc1cccc(CN2CCN(C(=O)c3ccc(CN4CCCCC4)o3)CC2)c1. The molecule has 2 aromatic rings. The third-order valence-corrected chi connectivity index (χ3v) is 5.90. The van der Waals surface area contributed by atoms with Gasteiger partial charge in [-0.15, -0.1) is 0 Å². The minimum absolute atomic E-state index is 0.0101. The van der Waals surface area contributed by atoms with E-state index in [1.807, 2.05) is 29.2 Å². The number of carbonyl (C=O) groups excluding carboxylic acids is 1. The van der Waals surface area contributed by atoms with Crippen molar-refractivity contribution in [1.82, 2.24) is 14.7 Å². The van der Waals surface area contributed by atoms with E-state index in [1.165, 1.54) is 24.8 Å². The minimum atomic E-state index is 0.0101. The van der Waals surface area contributed by atoms with Gasteiger partial charge in [0.1, 0.15) is 11.5 Å². The van der Waals surface area contributed by atoms with Crippen LogP contribution in [0.25, 0.3) is 0 Å². The van der Waals surface area contributed by atoms with E-state index in [1.54, 1.807) is 7.11 Å². The lowest BCUT2D eigenvalue weighted by Gasteiger charge is -2.34. The molecule has 2 aliphatic heterocycles. The predicted octanol–water partition coefficient (Wildman–Crippen LogP) is 3.23. The highest BCUT2D eigenvalue weighted by Crippen LogP contribution is 2.18. The van der Waals surface area contributed by atoms with Crippen molar-refractivity contribution < 1.29 is 13.9 Å². The molecule has 6 heteroatoms. The molecule has 2 aliphatic rings. The lowest BCUT2D eigenvalue weighted by atomic mass is 10.1. The van der Waals surface area contributed by atoms with Crippen LogP contribution in [0.15, 0.2) is 40.8 Å². The molecule has 0 bridgehead atoms. The monoisotopic (exact) mass is 397 g/mol. The average Bonchev–Trinajstić information content (AvgIpc) is 3.23. The predicted molar refractivity (Wildman–Crippen MR) is 112 cm³/mol. The van der Waals surface area contributed by atoms with E-state index >= 15 is 0 Å². The van der Waals surface area contributed by atoms with Gasteiger partial charge in [-0.1, -0.05) is 18.6 Å². The first-order chi connectivity index (χ1) is 14.2. The van der Waals surface area contributed by atoms with Crippen LogP contribution in [0.2, 0.25) is 0 Å². The fraction of sp³-hybridized carbons (Fsp3) is 0.522. The van der Waals surface area contributed by atoms with E-state index in [2.05, 4.69) is 21.9 Å². The number of benzene rings is 1. The van der Waals surface area contributed by atoms with E-state index in [0.29, 0.717) is 5.76 Å². The number of carbonyl (C=O) groups is 1. The van der Waals surface area contributed by atoms with Crippen molar-refractivity contribution in [2.24, 2.45) is 0 Å². The second kappa shape index (κ2) is 9.46. The lowest BCUT2D eigenvalue weighted by molar-refractivity contribution is 0.0594. The summed E-state index contributed by atoms with van der Waals surface area (Å²) in [5.74, 6) is 2.26. The summed E-state index contributed by atoms with van der Waals surface area (Å²) in [6, 6.07) is 12.0. The topological polar surface area (TPSA) is 49.2 Å². The van der Waals surface area contributed by atoms with Crippen LogP contribution in [0.1, 0.15) is 41.1 Å². The van der Waals surface area contributed by atoms with Gasteiger partial charge in [-0.05, 0) is 55.8 Å². The zero-order chi connectivity index (χ0) is 20.1. The van der Waals surface area contributed by atoms with E-state index in [0.717, 1.165) is 63.9 Å². The molecular formula is C23H31N3O3. The molecule has 0 atom stereocenters. The maximum absolute atomic E-state index is 12.8. The zero-order valence-corrected chi connectivity index (χ0v) is 17.3. The first-order valence-electron chi connectivity index (χ1n) is 10.7. The molecule has 1 aromatic carbocycles. The Bertz CT molecular complexity index is 805. The highest BCUT2D eigenvalue weighted by atomic mass is 16.5.